The van der Waals surface area contributed by atoms with Crippen LogP contribution in [0.15, 0.2) is 45.3 Å². The Kier molecular flexibility index (Phi) is 4.69. The van der Waals surface area contributed by atoms with Crippen LogP contribution in [-0.4, -0.2) is 14.1 Å². The lowest BCUT2D eigenvalue weighted by Gasteiger charge is -2.15. The molecule has 3 heteroatoms. The van der Waals surface area contributed by atoms with Crippen molar-refractivity contribution in [2.75, 3.05) is 19.0 Å². The van der Waals surface area contributed by atoms with Gasteiger partial charge in [-0.3, -0.25) is 0 Å². The van der Waals surface area contributed by atoms with Gasteiger partial charge in [0, 0.05) is 28.7 Å². The minimum absolute atomic E-state index is 0.926. The van der Waals surface area contributed by atoms with Crippen molar-refractivity contribution in [2.45, 2.75) is 13.3 Å². The molecule has 0 aromatic heterocycles. The minimum atomic E-state index is 0.926. The molecule has 0 fully saturated rings. The van der Waals surface area contributed by atoms with Gasteiger partial charge in [0.15, 0.2) is 0 Å². The third kappa shape index (κ3) is 3.61. The first-order valence-electron chi connectivity index (χ1n) is 6.18. The number of hydrogen-bond acceptors (Lipinski definition) is 1. The molecule has 0 aliphatic carbocycles. The lowest BCUT2D eigenvalue weighted by molar-refractivity contribution is 1.11. The minimum Gasteiger partial charge on any atom is -0.378 e. The molecule has 100 valence electrons. The fourth-order valence-electron chi connectivity index (χ4n) is 1.96. The van der Waals surface area contributed by atoms with Crippen molar-refractivity contribution in [1.82, 2.24) is 0 Å². The van der Waals surface area contributed by atoms with E-state index >= 15 is 0 Å². The van der Waals surface area contributed by atoms with Crippen LogP contribution >= 0.6 is 31.9 Å². The first kappa shape index (κ1) is 14.6. The zero-order chi connectivity index (χ0) is 14.0. The number of rotatable bonds is 3. The molecule has 0 amide bonds. The molecule has 0 N–H and O–H groups in total. The van der Waals surface area contributed by atoms with Crippen molar-refractivity contribution in [3.8, 4) is 0 Å². The van der Waals surface area contributed by atoms with Crippen LogP contribution in [0.3, 0.4) is 0 Å². The van der Waals surface area contributed by atoms with Gasteiger partial charge in [0.1, 0.15) is 0 Å². The molecular formula is C16H17Br2N. The molecule has 0 unspecified atom stereocenters. The van der Waals surface area contributed by atoms with Gasteiger partial charge in [0.2, 0.25) is 0 Å². The van der Waals surface area contributed by atoms with Crippen LogP contribution in [0.5, 0.6) is 0 Å². The molecule has 0 saturated heterocycles. The van der Waals surface area contributed by atoms with Gasteiger partial charge in [-0.1, -0.05) is 50.1 Å². The third-order valence-corrected chi connectivity index (χ3v) is 4.62. The van der Waals surface area contributed by atoms with E-state index in [1.54, 1.807) is 0 Å². The maximum Gasteiger partial charge on any atom is 0.0372 e. The summed E-state index contributed by atoms with van der Waals surface area (Å²) in [5.74, 6) is 0. The lowest BCUT2D eigenvalue weighted by atomic mass is 10.0. The standard InChI is InChI=1S/C16H17Br2N/c1-11-4-5-12(15(17)8-11)9-13-6-7-14(19(2)3)10-16(13)18/h4-8,10H,9H2,1-3H3. The summed E-state index contributed by atoms with van der Waals surface area (Å²) in [6.07, 6.45) is 0.926. The van der Waals surface area contributed by atoms with Gasteiger partial charge in [-0.2, -0.15) is 0 Å². The summed E-state index contributed by atoms with van der Waals surface area (Å²) in [6.45, 7) is 2.11. The van der Waals surface area contributed by atoms with E-state index in [4.69, 9.17) is 0 Å². The Morgan fingerprint density at radius 3 is 2.00 bits per heavy atom. The summed E-state index contributed by atoms with van der Waals surface area (Å²) < 4.78 is 2.34. The molecule has 0 spiro atoms. The Morgan fingerprint density at radius 1 is 0.895 bits per heavy atom. The number of nitrogens with zero attached hydrogens (tertiary/aromatic N) is 1. The summed E-state index contributed by atoms with van der Waals surface area (Å²) >= 11 is 7.31. The molecule has 1 nitrogen and oxygen atoms in total. The van der Waals surface area contributed by atoms with E-state index in [1.807, 2.05) is 0 Å². The molecule has 0 heterocycles. The highest BCUT2D eigenvalue weighted by Gasteiger charge is 2.06. The molecule has 2 rings (SSSR count). The van der Waals surface area contributed by atoms with Gasteiger partial charge < -0.3 is 4.90 Å². The second-order valence-corrected chi connectivity index (χ2v) is 6.65. The summed E-state index contributed by atoms with van der Waals surface area (Å²) in [7, 11) is 4.11. The van der Waals surface area contributed by atoms with E-state index in [0.717, 1.165) is 10.9 Å². The third-order valence-electron chi connectivity index (χ3n) is 3.14. The SMILES string of the molecule is Cc1ccc(Cc2ccc(N(C)C)cc2Br)c(Br)c1. The molecule has 0 radical (unpaired) electrons. The van der Waals surface area contributed by atoms with Gasteiger partial charge in [-0.05, 0) is 48.2 Å². The second-order valence-electron chi connectivity index (χ2n) is 4.94. The molecule has 0 aliphatic heterocycles. The fraction of sp³-hybridized carbons (Fsp3) is 0.250. The number of anilines is 1. The van der Waals surface area contributed by atoms with Crippen LogP contribution in [0, 0.1) is 6.92 Å². The van der Waals surface area contributed by atoms with Crippen LogP contribution in [0.25, 0.3) is 0 Å². The molecule has 0 aliphatic rings. The highest BCUT2D eigenvalue weighted by molar-refractivity contribution is 9.10. The van der Waals surface area contributed by atoms with E-state index in [-0.39, 0.29) is 0 Å². The Hall–Kier alpha value is -0.800. The van der Waals surface area contributed by atoms with E-state index < -0.39 is 0 Å². The van der Waals surface area contributed by atoms with Crippen molar-refractivity contribution in [2.24, 2.45) is 0 Å². The average Bonchev–Trinajstić information content (AvgIpc) is 2.34. The van der Waals surface area contributed by atoms with Crippen molar-refractivity contribution in [3.63, 3.8) is 0 Å². The Bertz CT molecular complexity index is 591. The van der Waals surface area contributed by atoms with Gasteiger partial charge >= 0.3 is 0 Å². The Balaban J connectivity index is 2.28. The molecule has 2 aromatic carbocycles. The first-order valence-corrected chi connectivity index (χ1v) is 7.77. The number of aryl methyl sites for hydroxylation is 1. The lowest BCUT2D eigenvalue weighted by Crippen LogP contribution is -2.08. The predicted molar refractivity (Wildman–Crippen MR) is 90.2 cm³/mol. The maximum absolute atomic E-state index is 3.67. The number of halogens is 2. The summed E-state index contributed by atoms with van der Waals surface area (Å²) in [5, 5.41) is 0. The van der Waals surface area contributed by atoms with Crippen molar-refractivity contribution in [1.29, 1.82) is 0 Å². The fourth-order valence-corrected chi connectivity index (χ4v) is 3.10. The predicted octanol–water partition coefficient (Wildman–Crippen LogP) is 5.18. The zero-order valence-corrected chi connectivity index (χ0v) is 14.5. The topological polar surface area (TPSA) is 3.24 Å². The monoisotopic (exact) mass is 381 g/mol. The summed E-state index contributed by atoms with van der Waals surface area (Å²) in [4.78, 5) is 2.11. The highest BCUT2D eigenvalue weighted by Crippen LogP contribution is 2.28. The molecule has 0 atom stereocenters. The first-order chi connectivity index (χ1) is 8.97. The van der Waals surface area contributed by atoms with Crippen LogP contribution in [0.1, 0.15) is 16.7 Å². The average molecular weight is 383 g/mol. The van der Waals surface area contributed by atoms with E-state index in [1.165, 1.54) is 26.9 Å². The molecule has 0 bridgehead atoms. The normalized spacial score (nSPS) is 10.6. The van der Waals surface area contributed by atoms with Crippen LogP contribution in [0.4, 0.5) is 5.69 Å². The van der Waals surface area contributed by atoms with E-state index in [9.17, 15) is 0 Å². The zero-order valence-electron chi connectivity index (χ0n) is 11.4. The smallest absolute Gasteiger partial charge is 0.0372 e. The van der Waals surface area contributed by atoms with Gasteiger partial charge in [0.05, 0.1) is 0 Å². The largest absolute Gasteiger partial charge is 0.378 e. The summed E-state index contributed by atoms with van der Waals surface area (Å²) in [6, 6.07) is 13.0. The Labute approximate surface area is 131 Å². The van der Waals surface area contributed by atoms with E-state index in [0.29, 0.717) is 0 Å². The highest BCUT2D eigenvalue weighted by atomic mass is 79.9. The molecule has 2 aromatic rings. The number of hydrogen-bond donors (Lipinski definition) is 0. The Morgan fingerprint density at radius 2 is 1.47 bits per heavy atom. The maximum atomic E-state index is 3.67. The van der Waals surface area contributed by atoms with Gasteiger partial charge in [-0.25, -0.2) is 0 Å². The van der Waals surface area contributed by atoms with Gasteiger partial charge in [0.25, 0.3) is 0 Å². The van der Waals surface area contributed by atoms with Crippen LogP contribution in [0.2, 0.25) is 0 Å². The molecule has 0 saturated carbocycles. The second kappa shape index (κ2) is 6.10. The van der Waals surface area contributed by atoms with Crippen molar-refractivity contribution in [3.05, 3.63) is 62.0 Å². The molecular weight excluding hydrogens is 366 g/mol. The van der Waals surface area contributed by atoms with Crippen molar-refractivity contribution >= 4 is 37.5 Å². The van der Waals surface area contributed by atoms with Crippen molar-refractivity contribution < 1.29 is 0 Å². The molecule has 19 heavy (non-hydrogen) atoms. The van der Waals surface area contributed by atoms with E-state index in [2.05, 4.69) is 94.2 Å². The number of benzene rings is 2. The van der Waals surface area contributed by atoms with Crippen LogP contribution in [-0.2, 0) is 6.42 Å². The van der Waals surface area contributed by atoms with Crippen LogP contribution < -0.4 is 4.90 Å². The summed E-state index contributed by atoms with van der Waals surface area (Å²) in [5.41, 5.74) is 5.09. The quantitative estimate of drug-likeness (QED) is 0.707. The van der Waals surface area contributed by atoms with Gasteiger partial charge in [-0.15, -0.1) is 0 Å².